The Bertz CT molecular complexity index is 896. The Morgan fingerprint density at radius 2 is 2.10 bits per heavy atom. The van der Waals surface area contributed by atoms with Crippen molar-refractivity contribution in [1.82, 2.24) is 0 Å². The van der Waals surface area contributed by atoms with Crippen LogP contribution in [0.1, 0.15) is 0 Å². The lowest BCUT2D eigenvalue weighted by atomic mass is 10.1. The normalized spacial score (nSPS) is 17.2. The van der Waals surface area contributed by atoms with Gasteiger partial charge in [-0.1, -0.05) is 12.1 Å². The molecule has 4 rings (SSSR count). The first-order valence-electron chi connectivity index (χ1n) is 6.65. The van der Waals surface area contributed by atoms with Crippen LogP contribution in [0, 0.1) is 0 Å². The van der Waals surface area contributed by atoms with Crippen LogP contribution in [-0.4, -0.2) is 22.7 Å². The third-order valence-corrected chi connectivity index (χ3v) is 4.41. The average Bonchev–Trinajstić information content (AvgIpc) is 3.29. The second-order valence-electron chi connectivity index (χ2n) is 5.01. The maximum absolute atomic E-state index is 12.4. The molecule has 1 aliphatic heterocycles. The summed E-state index contributed by atoms with van der Waals surface area (Å²) in [5.41, 5.74) is 0.620. The summed E-state index contributed by atoms with van der Waals surface area (Å²) in [5, 5.41) is 11.3. The number of hydrogen-bond donors (Lipinski definition) is 1. The van der Waals surface area contributed by atoms with Gasteiger partial charge in [-0.2, -0.15) is 11.8 Å². The first-order chi connectivity index (χ1) is 10.2. The van der Waals surface area contributed by atoms with Gasteiger partial charge in [0, 0.05) is 23.1 Å². The number of phenols is 1. The van der Waals surface area contributed by atoms with E-state index in [2.05, 4.69) is 0 Å². The molecule has 1 saturated heterocycles. The van der Waals surface area contributed by atoms with Crippen LogP contribution in [0.5, 0.6) is 11.5 Å². The zero-order valence-corrected chi connectivity index (χ0v) is 11.9. The van der Waals surface area contributed by atoms with Crippen LogP contribution in [-0.2, 0) is 0 Å². The number of fused-ring (bicyclic) bond motifs is 2. The van der Waals surface area contributed by atoms with Gasteiger partial charge in [0.2, 0.25) is 5.43 Å². The van der Waals surface area contributed by atoms with Crippen molar-refractivity contribution in [3.05, 3.63) is 46.6 Å². The van der Waals surface area contributed by atoms with Crippen molar-refractivity contribution >= 4 is 33.7 Å². The maximum atomic E-state index is 12.4. The summed E-state index contributed by atoms with van der Waals surface area (Å²) in [5.74, 6) is 1.52. The molecule has 1 unspecified atom stereocenters. The molecule has 1 aliphatic rings. The predicted molar refractivity (Wildman–Crippen MR) is 83.4 cm³/mol. The molecule has 2 aromatic carbocycles. The second kappa shape index (κ2) is 4.70. The summed E-state index contributed by atoms with van der Waals surface area (Å²) in [6, 6.07) is 10.1. The highest BCUT2D eigenvalue weighted by molar-refractivity contribution is 8.06. The molecule has 0 aliphatic carbocycles. The smallest absolute Gasteiger partial charge is 0.204 e. The minimum Gasteiger partial charge on any atom is -0.507 e. The SMILES string of the molecule is O=c1c2ccccc2oc2cc(OCC3CS3)cc(O)c12. The second-order valence-corrected chi connectivity index (χ2v) is 6.34. The minimum absolute atomic E-state index is 0.106. The molecule has 0 radical (unpaired) electrons. The molecular weight excluding hydrogens is 288 g/mol. The Hall–Kier alpha value is -2.14. The number of rotatable bonds is 3. The van der Waals surface area contributed by atoms with Crippen molar-refractivity contribution in [2.24, 2.45) is 0 Å². The van der Waals surface area contributed by atoms with Gasteiger partial charge in [-0.25, -0.2) is 0 Å². The number of hydrogen-bond acceptors (Lipinski definition) is 5. The van der Waals surface area contributed by atoms with Gasteiger partial charge in [0.15, 0.2) is 0 Å². The van der Waals surface area contributed by atoms with Crippen molar-refractivity contribution in [2.75, 3.05) is 12.4 Å². The van der Waals surface area contributed by atoms with E-state index in [4.69, 9.17) is 9.15 Å². The molecule has 1 N–H and O–H groups in total. The Morgan fingerprint density at radius 3 is 2.90 bits per heavy atom. The molecule has 106 valence electrons. The molecule has 4 nitrogen and oxygen atoms in total. The van der Waals surface area contributed by atoms with Crippen LogP contribution in [0.15, 0.2) is 45.6 Å². The van der Waals surface area contributed by atoms with Crippen LogP contribution in [0.4, 0.5) is 0 Å². The quantitative estimate of drug-likeness (QED) is 0.595. The first kappa shape index (κ1) is 12.6. The van der Waals surface area contributed by atoms with E-state index in [1.54, 1.807) is 24.3 Å². The zero-order valence-electron chi connectivity index (χ0n) is 11.0. The Morgan fingerprint density at radius 1 is 1.29 bits per heavy atom. The van der Waals surface area contributed by atoms with Gasteiger partial charge in [-0.15, -0.1) is 0 Å². The first-order valence-corrected chi connectivity index (χ1v) is 7.70. The summed E-state index contributed by atoms with van der Waals surface area (Å²) in [4.78, 5) is 12.4. The highest BCUT2D eigenvalue weighted by atomic mass is 32.2. The topological polar surface area (TPSA) is 59.7 Å². The molecular formula is C16H12O4S. The monoisotopic (exact) mass is 300 g/mol. The van der Waals surface area contributed by atoms with E-state index in [0.717, 1.165) is 5.75 Å². The molecule has 3 aromatic rings. The maximum Gasteiger partial charge on any atom is 0.204 e. The van der Waals surface area contributed by atoms with Gasteiger partial charge in [0.1, 0.15) is 34.7 Å². The van der Waals surface area contributed by atoms with E-state index >= 15 is 0 Å². The van der Waals surface area contributed by atoms with Crippen LogP contribution in [0.2, 0.25) is 0 Å². The van der Waals surface area contributed by atoms with Gasteiger partial charge in [-0.3, -0.25) is 4.79 Å². The lowest BCUT2D eigenvalue weighted by Gasteiger charge is -2.08. The number of ether oxygens (including phenoxy) is 1. The number of phenolic OH excluding ortho intramolecular Hbond substituents is 1. The van der Waals surface area contributed by atoms with Crippen LogP contribution in [0.25, 0.3) is 21.9 Å². The van der Waals surface area contributed by atoms with E-state index in [-0.39, 0.29) is 16.6 Å². The molecule has 0 amide bonds. The number of benzene rings is 2. The number of thioether (sulfide) groups is 1. The largest absolute Gasteiger partial charge is 0.507 e. The van der Waals surface area contributed by atoms with E-state index in [1.165, 1.54) is 6.07 Å². The molecule has 0 saturated carbocycles. The zero-order chi connectivity index (χ0) is 14.4. The molecule has 0 spiro atoms. The molecule has 2 heterocycles. The van der Waals surface area contributed by atoms with Crippen LogP contribution >= 0.6 is 11.8 Å². The van der Waals surface area contributed by atoms with Gasteiger partial charge in [-0.05, 0) is 12.1 Å². The molecule has 1 aromatic heterocycles. The van der Waals surface area contributed by atoms with Gasteiger partial charge in [0.25, 0.3) is 0 Å². The lowest BCUT2D eigenvalue weighted by Crippen LogP contribution is -2.05. The Kier molecular flexibility index (Phi) is 2.82. The molecule has 21 heavy (non-hydrogen) atoms. The van der Waals surface area contributed by atoms with Crippen molar-refractivity contribution in [2.45, 2.75) is 5.25 Å². The van der Waals surface area contributed by atoms with E-state index in [9.17, 15) is 9.90 Å². The highest BCUT2D eigenvalue weighted by Crippen LogP contribution is 2.33. The molecule has 0 bridgehead atoms. The number of aromatic hydroxyl groups is 1. The standard InChI is InChI=1S/C16H12O4S/c17-12-5-9(19-7-10-8-21-10)6-14-15(12)16(18)11-3-1-2-4-13(11)20-14/h1-6,10,17H,7-8H2. The summed E-state index contributed by atoms with van der Waals surface area (Å²) >= 11 is 1.84. The summed E-state index contributed by atoms with van der Waals surface area (Å²) in [6.45, 7) is 0.605. The van der Waals surface area contributed by atoms with Gasteiger partial charge < -0.3 is 14.3 Å². The van der Waals surface area contributed by atoms with Crippen molar-refractivity contribution in [1.29, 1.82) is 0 Å². The molecule has 5 heteroatoms. The van der Waals surface area contributed by atoms with E-state index < -0.39 is 0 Å². The third-order valence-electron chi connectivity index (χ3n) is 3.47. The van der Waals surface area contributed by atoms with Crippen molar-refractivity contribution < 1.29 is 14.3 Å². The fourth-order valence-corrected chi connectivity index (χ4v) is 2.71. The summed E-state index contributed by atoms with van der Waals surface area (Å²) in [7, 11) is 0. The number of para-hydroxylation sites is 1. The summed E-state index contributed by atoms with van der Waals surface area (Å²) in [6.07, 6.45) is 0. The molecule has 1 atom stereocenters. The minimum atomic E-state index is -0.228. The fourth-order valence-electron chi connectivity index (χ4n) is 2.32. The van der Waals surface area contributed by atoms with Gasteiger partial charge >= 0.3 is 0 Å². The average molecular weight is 300 g/mol. The highest BCUT2D eigenvalue weighted by Gasteiger charge is 2.23. The fraction of sp³-hybridized carbons (Fsp3) is 0.188. The van der Waals surface area contributed by atoms with E-state index in [1.807, 2.05) is 17.8 Å². The molecule has 1 fully saturated rings. The predicted octanol–water partition coefficient (Wildman–Crippen LogP) is 3.15. The Labute approximate surface area is 124 Å². The Balaban J connectivity index is 1.90. The third kappa shape index (κ3) is 2.23. The van der Waals surface area contributed by atoms with Crippen LogP contribution in [0.3, 0.4) is 0 Å². The lowest BCUT2D eigenvalue weighted by molar-refractivity contribution is 0.328. The van der Waals surface area contributed by atoms with Crippen molar-refractivity contribution in [3.8, 4) is 11.5 Å². The van der Waals surface area contributed by atoms with E-state index in [0.29, 0.717) is 34.2 Å². The summed E-state index contributed by atoms with van der Waals surface area (Å²) < 4.78 is 11.4. The van der Waals surface area contributed by atoms with Crippen molar-refractivity contribution in [3.63, 3.8) is 0 Å². The van der Waals surface area contributed by atoms with Gasteiger partial charge in [0.05, 0.1) is 5.39 Å². The van der Waals surface area contributed by atoms with Crippen LogP contribution < -0.4 is 10.2 Å².